The van der Waals surface area contributed by atoms with E-state index in [1.807, 2.05) is 0 Å². The van der Waals surface area contributed by atoms with Gasteiger partial charge in [-0.05, 0) is 17.7 Å². The Morgan fingerprint density at radius 3 is 2.71 bits per heavy atom. The van der Waals surface area contributed by atoms with Crippen LogP contribution in [-0.4, -0.2) is 30.0 Å². The SMILES string of the molecule is CO[C@H](CO)[C@H](O)c1cccc(Cl)c1. The quantitative estimate of drug-likeness (QED) is 0.800. The number of ether oxygens (including phenoxy) is 1. The van der Waals surface area contributed by atoms with Crippen LogP contribution in [-0.2, 0) is 4.74 Å². The second kappa shape index (κ2) is 5.32. The van der Waals surface area contributed by atoms with Crippen molar-refractivity contribution in [3.8, 4) is 0 Å². The Bertz CT molecular complexity index is 286. The molecule has 0 spiro atoms. The van der Waals surface area contributed by atoms with Crippen LogP contribution in [0.4, 0.5) is 0 Å². The molecule has 4 heteroatoms. The Morgan fingerprint density at radius 1 is 1.50 bits per heavy atom. The summed E-state index contributed by atoms with van der Waals surface area (Å²) in [6.07, 6.45) is -1.47. The molecule has 1 rings (SSSR count). The van der Waals surface area contributed by atoms with E-state index in [0.29, 0.717) is 10.6 Å². The third-order valence-electron chi connectivity index (χ3n) is 2.03. The maximum absolute atomic E-state index is 9.76. The second-order valence-corrected chi connectivity index (χ2v) is 3.39. The van der Waals surface area contributed by atoms with E-state index >= 15 is 0 Å². The zero-order valence-corrected chi connectivity index (χ0v) is 8.61. The van der Waals surface area contributed by atoms with Crippen molar-refractivity contribution < 1.29 is 14.9 Å². The highest BCUT2D eigenvalue weighted by atomic mass is 35.5. The standard InChI is InChI=1S/C10H13ClO3/c1-14-9(6-12)10(13)7-3-2-4-8(11)5-7/h2-5,9-10,12-13H,6H2,1H3/t9-,10-/m1/s1. The minimum atomic E-state index is -0.858. The average molecular weight is 217 g/mol. The second-order valence-electron chi connectivity index (χ2n) is 2.96. The van der Waals surface area contributed by atoms with E-state index < -0.39 is 12.2 Å². The number of rotatable bonds is 4. The van der Waals surface area contributed by atoms with Crippen molar-refractivity contribution in [1.82, 2.24) is 0 Å². The first-order valence-corrected chi connectivity index (χ1v) is 4.64. The van der Waals surface area contributed by atoms with E-state index in [1.54, 1.807) is 24.3 Å². The van der Waals surface area contributed by atoms with Crippen LogP contribution in [0.1, 0.15) is 11.7 Å². The molecule has 14 heavy (non-hydrogen) atoms. The largest absolute Gasteiger partial charge is 0.394 e. The smallest absolute Gasteiger partial charge is 0.110 e. The fourth-order valence-electron chi connectivity index (χ4n) is 1.21. The van der Waals surface area contributed by atoms with Crippen LogP contribution < -0.4 is 0 Å². The van der Waals surface area contributed by atoms with Gasteiger partial charge >= 0.3 is 0 Å². The summed E-state index contributed by atoms with van der Waals surface area (Å²) < 4.78 is 4.91. The Hall–Kier alpha value is -0.610. The van der Waals surface area contributed by atoms with Crippen LogP contribution in [0, 0.1) is 0 Å². The molecule has 0 fully saturated rings. The summed E-state index contributed by atoms with van der Waals surface area (Å²) in [5.74, 6) is 0. The summed E-state index contributed by atoms with van der Waals surface area (Å²) >= 11 is 5.77. The van der Waals surface area contributed by atoms with E-state index in [4.69, 9.17) is 21.4 Å². The Morgan fingerprint density at radius 2 is 2.21 bits per heavy atom. The molecule has 0 radical (unpaired) electrons. The highest BCUT2D eigenvalue weighted by molar-refractivity contribution is 6.30. The summed E-state index contributed by atoms with van der Waals surface area (Å²) in [7, 11) is 1.44. The molecule has 2 atom stereocenters. The van der Waals surface area contributed by atoms with Gasteiger partial charge in [-0.3, -0.25) is 0 Å². The van der Waals surface area contributed by atoms with Gasteiger partial charge in [0.15, 0.2) is 0 Å². The van der Waals surface area contributed by atoms with Crippen LogP contribution >= 0.6 is 11.6 Å². The maximum Gasteiger partial charge on any atom is 0.110 e. The zero-order valence-electron chi connectivity index (χ0n) is 7.85. The molecule has 0 heterocycles. The van der Waals surface area contributed by atoms with Crippen molar-refractivity contribution in [1.29, 1.82) is 0 Å². The number of hydrogen-bond acceptors (Lipinski definition) is 3. The molecule has 0 aromatic heterocycles. The highest BCUT2D eigenvalue weighted by Gasteiger charge is 2.19. The van der Waals surface area contributed by atoms with E-state index in [-0.39, 0.29) is 6.61 Å². The van der Waals surface area contributed by atoms with Crippen LogP contribution in [0.2, 0.25) is 5.02 Å². The van der Waals surface area contributed by atoms with Gasteiger partial charge < -0.3 is 14.9 Å². The van der Waals surface area contributed by atoms with Gasteiger partial charge in [0.05, 0.1) is 6.61 Å². The number of aliphatic hydroxyl groups is 2. The van der Waals surface area contributed by atoms with Gasteiger partial charge in [-0.2, -0.15) is 0 Å². The molecule has 0 aliphatic rings. The minimum absolute atomic E-state index is 0.232. The van der Waals surface area contributed by atoms with Crippen LogP contribution in [0.5, 0.6) is 0 Å². The number of aliphatic hydroxyl groups excluding tert-OH is 2. The lowest BCUT2D eigenvalue weighted by Gasteiger charge is -2.19. The summed E-state index contributed by atoms with van der Waals surface area (Å²) in [6.45, 7) is -0.232. The fourth-order valence-corrected chi connectivity index (χ4v) is 1.41. The summed E-state index contributed by atoms with van der Waals surface area (Å²) in [5, 5.41) is 19.2. The number of methoxy groups -OCH3 is 1. The van der Waals surface area contributed by atoms with Crippen molar-refractivity contribution in [3.63, 3.8) is 0 Å². The van der Waals surface area contributed by atoms with Gasteiger partial charge in [0, 0.05) is 12.1 Å². The number of halogens is 1. The normalized spacial score (nSPS) is 15.1. The molecular formula is C10H13ClO3. The van der Waals surface area contributed by atoms with Crippen molar-refractivity contribution in [2.45, 2.75) is 12.2 Å². The first kappa shape index (κ1) is 11.5. The molecule has 3 nitrogen and oxygen atoms in total. The van der Waals surface area contributed by atoms with Crippen LogP contribution in [0.3, 0.4) is 0 Å². The minimum Gasteiger partial charge on any atom is -0.394 e. The van der Waals surface area contributed by atoms with Crippen molar-refractivity contribution in [3.05, 3.63) is 34.9 Å². The lowest BCUT2D eigenvalue weighted by molar-refractivity contribution is -0.0424. The number of hydrogen-bond donors (Lipinski definition) is 2. The molecule has 1 aromatic rings. The lowest BCUT2D eigenvalue weighted by Crippen LogP contribution is -2.24. The molecule has 0 aliphatic heterocycles. The zero-order chi connectivity index (χ0) is 10.6. The van der Waals surface area contributed by atoms with Crippen LogP contribution in [0.15, 0.2) is 24.3 Å². The molecule has 0 saturated carbocycles. The van der Waals surface area contributed by atoms with Gasteiger partial charge in [0.25, 0.3) is 0 Å². The van der Waals surface area contributed by atoms with E-state index in [2.05, 4.69) is 0 Å². The highest BCUT2D eigenvalue weighted by Crippen LogP contribution is 2.21. The molecule has 0 unspecified atom stereocenters. The molecule has 78 valence electrons. The molecule has 0 bridgehead atoms. The summed E-state index contributed by atoms with van der Waals surface area (Å²) in [5.41, 5.74) is 0.637. The van der Waals surface area contributed by atoms with E-state index in [1.165, 1.54) is 7.11 Å². The molecule has 0 aliphatic carbocycles. The van der Waals surface area contributed by atoms with Crippen molar-refractivity contribution >= 4 is 11.6 Å². The number of benzene rings is 1. The molecule has 1 aromatic carbocycles. The molecule has 2 N–H and O–H groups in total. The van der Waals surface area contributed by atoms with Gasteiger partial charge in [-0.25, -0.2) is 0 Å². The first-order valence-electron chi connectivity index (χ1n) is 4.26. The molecule has 0 saturated heterocycles. The van der Waals surface area contributed by atoms with E-state index in [9.17, 15) is 5.11 Å². The van der Waals surface area contributed by atoms with Crippen molar-refractivity contribution in [2.75, 3.05) is 13.7 Å². The Kier molecular flexibility index (Phi) is 4.35. The lowest BCUT2D eigenvalue weighted by atomic mass is 10.1. The van der Waals surface area contributed by atoms with Crippen LogP contribution in [0.25, 0.3) is 0 Å². The van der Waals surface area contributed by atoms with Crippen molar-refractivity contribution in [2.24, 2.45) is 0 Å². The monoisotopic (exact) mass is 216 g/mol. The van der Waals surface area contributed by atoms with Gasteiger partial charge in [0.2, 0.25) is 0 Å². The third-order valence-corrected chi connectivity index (χ3v) is 2.26. The van der Waals surface area contributed by atoms with E-state index in [0.717, 1.165) is 0 Å². The third kappa shape index (κ3) is 2.69. The first-order chi connectivity index (χ1) is 6.69. The summed E-state index contributed by atoms with van der Waals surface area (Å²) in [6, 6.07) is 6.84. The topological polar surface area (TPSA) is 49.7 Å². The fraction of sp³-hybridized carbons (Fsp3) is 0.400. The average Bonchev–Trinajstić information content (AvgIpc) is 2.19. The predicted molar refractivity (Wildman–Crippen MR) is 54.3 cm³/mol. The van der Waals surface area contributed by atoms with Gasteiger partial charge in [0.1, 0.15) is 12.2 Å². The Labute approximate surface area is 87.9 Å². The van der Waals surface area contributed by atoms with Gasteiger partial charge in [-0.1, -0.05) is 23.7 Å². The molecular weight excluding hydrogens is 204 g/mol. The Balaban J connectivity index is 2.82. The van der Waals surface area contributed by atoms with Gasteiger partial charge in [-0.15, -0.1) is 0 Å². The maximum atomic E-state index is 9.76. The molecule has 0 amide bonds. The summed E-state index contributed by atoms with van der Waals surface area (Å²) in [4.78, 5) is 0. The predicted octanol–water partition coefficient (Wildman–Crippen LogP) is 1.38.